The first-order valence-electron chi connectivity index (χ1n) is 5.89. The Hall–Kier alpha value is -1.93. The number of aryl methyl sites for hydroxylation is 1. The lowest BCUT2D eigenvalue weighted by Gasteiger charge is -2.11. The lowest BCUT2D eigenvalue weighted by Crippen LogP contribution is -2.04. The van der Waals surface area contributed by atoms with Crippen molar-refractivity contribution in [2.45, 2.75) is 13.5 Å². The highest BCUT2D eigenvalue weighted by Crippen LogP contribution is 2.24. The van der Waals surface area contributed by atoms with Crippen LogP contribution in [0.1, 0.15) is 16.7 Å². The van der Waals surface area contributed by atoms with Gasteiger partial charge in [-0.15, -0.1) is 0 Å². The molecule has 20 heavy (non-hydrogen) atoms. The molecule has 0 heterocycles. The topological polar surface area (TPSA) is 35.8 Å². The number of nitrogens with zero attached hydrogens (tertiary/aromatic N) is 1. The second kappa shape index (κ2) is 6.02. The third-order valence-electron chi connectivity index (χ3n) is 2.92. The van der Waals surface area contributed by atoms with E-state index in [0.29, 0.717) is 15.7 Å². The standard InChI is InChI=1S/C15H11BrF2N2/c1-9-4-12(16)14(18)6-15(9)20-8-11-3-2-10(7-19)5-13(11)17/h2-6,20H,8H2,1H3. The summed E-state index contributed by atoms with van der Waals surface area (Å²) in [7, 11) is 0. The van der Waals surface area contributed by atoms with Crippen molar-refractivity contribution in [1.29, 1.82) is 5.26 Å². The molecule has 2 aromatic carbocycles. The summed E-state index contributed by atoms with van der Waals surface area (Å²) in [6.45, 7) is 2.06. The second-order valence-electron chi connectivity index (χ2n) is 4.35. The summed E-state index contributed by atoms with van der Waals surface area (Å²) in [6, 6.07) is 9.18. The van der Waals surface area contributed by atoms with Gasteiger partial charge in [-0.25, -0.2) is 8.78 Å². The first kappa shape index (κ1) is 14.5. The largest absolute Gasteiger partial charge is 0.381 e. The normalized spacial score (nSPS) is 10.2. The van der Waals surface area contributed by atoms with E-state index >= 15 is 0 Å². The number of rotatable bonds is 3. The van der Waals surface area contributed by atoms with Gasteiger partial charge in [0.2, 0.25) is 0 Å². The Labute approximate surface area is 124 Å². The lowest BCUT2D eigenvalue weighted by atomic mass is 10.1. The highest BCUT2D eigenvalue weighted by atomic mass is 79.9. The van der Waals surface area contributed by atoms with Crippen LogP contribution in [-0.2, 0) is 6.54 Å². The average molecular weight is 337 g/mol. The molecular formula is C15H11BrF2N2. The van der Waals surface area contributed by atoms with Gasteiger partial charge in [0.25, 0.3) is 0 Å². The summed E-state index contributed by atoms with van der Waals surface area (Å²) in [4.78, 5) is 0. The zero-order valence-corrected chi connectivity index (χ0v) is 12.3. The fourth-order valence-corrected chi connectivity index (χ4v) is 2.25. The molecule has 2 nitrogen and oxygen atoms in total. The van der Waals surface area contributed by atoms with Crippen molar-refractivity contribution >= 4 is 21.6 Å². The summed E-state index contributed by atoms with van der Waals surface area (Å²) in [5.41, 5.74) is 2.16. The Bertz CT molecular complexity index is 693. The molecule has 0 spiro atoms. The van der Waals surface area contributed by atoms with Gasteiger partial charge in [0.1, 0.15) is 11.6 Å². The minimum Gasteiger partial charge on any atom is -0.381 e. The number of anilines is 1. The van der Waals surface area contributed by atoms with E-state index in [0.717, 1.165) is 5.56 Å². The second-order valence-corrected chi connectivity index (χ2v) is 5.21. The van der Waals surface area contributed by atoms with Crippen molar-refractivity contribution < 1.29 is 8.78 Å². The number of hydrogen-bond acceptors (Lipinski definition) is 2. The molecule has 0 aliphatic heterocycles. The van der Waals surface area contributed by atoms with Gasteiger partial charge < -0.3 is 5.32 Å². The van der Waals surface area contributed by atoms with Crippen molar-refractivity contribution in [2.24, 2.45) is 0 Å². The lowest BCUT2D eigenvalue weighted by molar-refractivity contribution is 0.612. The molecule has 2 aromatic rings. The van der Waals surface area contributed by atoms with Crippen molar-refractivity contribution in [3.05, 3.63) is 63.1 Å². The third kappa shape index (κ3) is 3.14. The maximum Gasteiger partial charge on any atom is 0.139 e. The van der Waals surface area contributed by atoms with Crippen LogP contribution < -0.4 is 5.32 Å². The maximum atomic E-state index is 13.7. The van der Waals surface area contributed by atoms with E-state index in [4.69, 9.17) is 5.26 Å². The van der Waals surface area contributed by atoms with E-state index in [1.54, 1.807) is 18.2 Å². The van der Waals surface area contributed by atoms with E-state index in [1.165, 1.54) is 12.1 Å². The van der Waals surface area contributed by atoms with Gasteiger partial charge in [-0.05, 0) is 52.7 Å². The molecule has 0 amide bonds. The molecule has 1 N–H and O–H groups in total. The Morgan fingerprint density at radius 3 is 2.60 bits per heavy atom. The van der Waals surface area contributed by atoms with Gasteiger partial charge in [0, 0.05) is 17.8 Å². The Morgan fingerprint density at radius 2 is 1.95 bits per heavy atom. The summed E-state index contributed by atoms with van der Waals surface area (Å²) in [6.07, 6.45) is 0. The molecule has 102 valence electrons. The highest BCUT2D eigenvalue weighted by Gasteiger charge is 2.07. The molecule has 0 saturated carbocycles. The van der Waals surface area contributed by atoms with Crippen LogP contribution in [0.25, 0.3) is 0 Å². The zero-order valence-electron chi connectivity index (χ0n) is 10.7. The average Bonchev–Trinajstić information content (AvgIpc) is 2.42. The van der Waals surface area contributed by atoms with Gasteiger partial charge >= 0.3 is 0 Å². The van der Waals surface area contributed by atoms with Crippen LogP contribution in [-0.4, -0.2) is 0 Å². The number of benzene rings is 2. The summed E-state index contributed by atoms with van der Waals surface area (Å²) in [5.74, 6) is -0.829. The quantitative estimate of drug-likeness (QED) is 0.894. The maximum absolute atomic E-state index is 13.7. The van der Waals surface area contributed by atoms with Gasteiger partial charge in [-0.1, -0.05) is 6.07 Å². The van der Waals surface area contributed by atoms with E-state index in [9.17, 15) is 8.78 Å². The highest BCUT2D eigenvalue weighted by molar-refractivity contribution is 9.10. The SMILES string of the molecule is Cc1cc(Br)c(F)cc1NCc1ccc(C#N)cc1F. The van der Waals surface area contributed by atoms with Crippen LogP contribution in [0.5, 0.6) is 0 Å². The van der Waals surface area contributed by atoms with Crippen molar-refractivity contribution in [1.82, 2.24) is 0 Å². The van der Waals surface area contributed by atoms with Gasteiger partial charge in [0.15, 0.2) is 0 Å². The van der Waals surface area contributed by atoms with E-state index in [-0.39, 0.29) is 17.9 Å². The molecule has 0 atom stereocenters. The predicted octanol–water partition coefficient (Wildman–Crippen LogP) is 4.52. The summed E-state index contributed by atoms with van der Waals surface area (Å²) in [5, 5.41) is 11.7. The van der Waals surface area contributed by atoms with Crippen LogP contribution in [0, 0.1) is 29.9 Å². The predicted molar refractivity (Wildman–Crippen MR) is 77.3 cm³/mol. The molecule has 0 bridgehead atoms. The first-order valence-corrected chi connectivity index (χ1v) is 6.68. The molecule has 0 unspecified atom stereocenters. The molecule has 5 heteroatoms. The van der Waals surface area contributed by atoms with E-state index < -0.39 is 5.82 Å². The molecule has 0 radical (unpaired) electrons. The molecule has 2 rings (SSSR count). The summed E-state index contributed by atoms with van der Waals surface area (Å²) < 4.78 is 27.6. The van der Waals surface area contributed by atoms with Crippen LogP contribution in [0.4, 0.5) is 14.5 Å². The van der Waals surface area contributed by atoms with E-state index in [2.05, 4.69) is 21.2 Å². The van der Waals surface area contributed by atoms with Crippen molar-refractivity contribution in [3.8, 4) is 6.07 Å². The van der Waals surface area contributed by atoms with Crippen LogP contribution >= 0.6 is 15.9 Å². The third-order valence-corrected chi connectivity index (χ3v) is 3.53. The number of halogens is 3. The van der Waals surface area contributed by atoms with Gasteiger partial charge in [-0.2, -0.15) is 5.26 Å². The Morgan fingerprint density at radius 1 is 1.20 bits per heavy atom. The molecule has 0 aliphatic rings. The fourth-order valence-electron chi connectivity index (χ4n) is 1.79. The van der Waals surface area contributed by atoms with Crippen molar-refractivity contribution in [2.75, 3.05) is 5.32 Å². The smallest absolute Gasteiger partial charge is 0.139 e. The minimum absolute atomic E-state index is 0.222. The van der Waals surface area contributed by atoms with E-state index in [1.807, 2.05) is 13.0 Å². The first-order chi connectivity index (χ1) is 9.51. The van der Waals surface area contributed by atoms with Crippen molar-refractivity contribution in [3.63, 3.8) is 0 Å². The summed E-state index contributed by atoms with van der Waals surface area (Å²) >= 11 is 3.11. The van der Waals surface area contributed by atoms with Crippen LogP contribution in [0.2, 0.25) is 0 Å². The molecule has 0 fully saturated rings. The molecule has 0 aliphatic carbocycles. The molecule has 0 aromatic heterocycles. The zero-order chi connectivity index (χ0) is 14.7. The number of hydrogen-bond donors (Lipinski definition) is 1. The number of nitriles is 1. The van der Waals surface area contributed by atoms with Gasteiger partial charge in [0.05, 0.1) is 16.1 Å². The van der Waals surface area contributed by atoms with Crippen LogP contribution in [0.3, 0.4) is 0 Å². The van der Waals surface area contributed by atoms with Gasteiger partial charge in [-0.3, -0.25) is 0 Å². The molecular weight excluding hydrogens is 326 g/mol. The Kier molecular flexibility index (Phi) is 4.35. The monoisotopic (exact) mass is 336 g/mol. The minimum atomic E-state index is -0.452. The molecule has 0 saturated heterocycles. The Balaban J connectivity index is 2.17. The fraction of sp³-hybridized carbons (Fsp3) is 0.133. The number of nitrogens with one attached hydrogen (secondary N) is 1. The van der Waals surface area contributed by atoms with Crippen LogP contribution in [0.15, 0.2) is 34.8 Å².